The van der Waals surface area contributed by atoms with Gasteiger partial charge in [0.15, 0.2) is 0 Å². The van der Waals surface area contributed by atoms with Crippen molar-refractivity contribution in [2.75, 3.05) is 0 Å². The summed E-state index contributed by atoms with van der Waals surface area (Å²) in [6.07, 6.45) is -3.89. The molecule has 1 aromatic heterocycles. The van der Waals surface area contributed by atoms with Crippen LogP contribution in [0.5, 0.6) is 0 Å². The summed E-state index contributed by atoms with van der Waals surface area (Å²) in [7, 11) is 0. The zero-order chi connectivity index (χ0) is 11.6. The first-order valence-corrected chi connectivity index (χ1v) is 4.29. The molecule has 0 saturated heterocycles. The van der Waals surface area contributed by atoms with Crippen LogP contribution in [-0.4, -0.2) is 11.1 Å². The van der Waals surface area contributed by atoms with Gasteiger partial charge in [-0.1, -0.05) is 6.92 Å². The maximum atomic E-state index is 12.3. The van der Waals surface area contributed by atoms with E-state index in [9.17, 15) is 18.0 Å². The number of hydrogen-bond donors (Lipinski definition) is 1. The van der Waals surface area contributed by atoms with Gasteiger partial charge in [-0.2, -0.15) is 13.2 Å². The minimum Gasteiger partial charge on any atom is -0.478 e. The average Bonchev–Trinajstić information content (AvgIpc) is 2.48. The van der Waals surface area contributed by atoms with Crippen LogP contribution in [0.4, 0.5) is 13.2 Å². The number of rotatable bonds is 3. The molecule has 0 amide bonds. The van der Waals surface area contributed by atoms with E-state index in [-0.39, 0.29) is 12.2 Å². The van der Waals surface area contributed by atoms with Crippen LogP contribution in [0.1, 0.15) is 35.2 Å². The number of aryl methyl sites for hydroxylation is 1. The van der Waals surface area contributed by atoms with Crippen LogP contribution >= 0.6 is 0 Å². The summed E-state index contributed by atoms with van der Waals surface area (Å²) in [6.45, 7) is 1.76. The molecule has 1 aromatic rings. The van der Waals surface area contributed by atoms with E-state index in [1.165, 1.54) is 0 Å². The van der Waals surface area contributed by atoms with Gasteiger partial charge in [-0.15, -0.1) is 0 Å². The Labute approximate surface area is 83.5 Å². The highest BCUT2D eigenvalue weighted by Gasteiger charge is 2.40. The second-order valence-electron chi connectivity index (χ2n) is 3.01. The molecule has 0 spiro atoms. The Hall–Kier alpha value is -1.46. The van der Waals surface area contributed by atoms with E-state index in [1.54, 1.807) is 6.92 Å². The highest BCUT2D eigenvalue weighted by Crippen LogP contribution is 2.34. The third kappa shape index (κ3) is 2.51. The van der Waals surface area contributed by atoms with E-state index in [1.807, 2.05) is 0 Å². The summed E-state index contributed by atoms with van der Waals surface area (Å²) in [5.74, 6) is -3.02. The Morgan fingerprint density at radius 3 is 2.47 bits per heavy atom. The van der Waals surface area contributed by atoms with Crippen molar-refractivity contribution in [2.45, 2.75) is 25.9 Å². The van der Waals surface area contributed by atoms with Crippen molar-refractivity contribution in [3.8, 4) is 0 Å². The maximum absolute atomic E-state index is 12.3. The summed E-state index contributed by atoms with van der Waals surface area (Å²) >= 11 is 0. The Balaban J connectivity index is 3.18. The molecule has 1 rings (SSSR count). The zero-order valence-corrected chi connectivity index (χ0v) is 7.89. The number of carboxylic acid groups (broad SMARTS) is 1. The molecule has 0 aliphatic rings. The van der Waals surface area contributed by atoms with Gasteiger partial charge in [0.05, 0.1) is 0 Å². The predicted octanol–water partition coefficient (Wildman–Crippen LogP) is 2.95. The van der Waals surface area contributed by atoms with Crippen LogP contribution in [0, 0.1) is 0 Å². The first-order valence-electron chi connectivity index (χ1n) is 4.29. The number of carboxylic acids is 1. The van der Waals surface area contributed by atoms with Gasteiger partial charge < -0.3 is 9.52 Å². The van der Waals surface area contributed by atoms with Gasteiger partial charge in [-0.25, -0.2) is 4.79 Å². The molecule has 0 aliphatic heterocycles. The van der Waals surface area contributed by atoms with E-state index >= 15 is 0 Å². The van der Waals surface area contributed by atoms with Crippen molar-refractivity contribution in [3.05, 3.63) is 23.2 Å². The standard InChI is InChI=1S/C9H9F3O3/c1-2-3-5-4-6(8(13)14)7(15-5)9(10,11)12/h4H,2-3H2,1H3,(H,13,14). The van der Waals surface area contributed by atoms with Crippen LogP contribution in [0.2, 0.25) is 0 Å². The van der Waals surface area contributed by atoms with Crippen molar-refractivity contribution in [1.29, 1.82) is 0 Å². The summed E-state index contributed by atoms with van der Waals surface area (Å²) < 4.78 is 41.4. The van der Waals surface area contributed by atoms with Crippen molar-refractivity contribution in [2.24, 2.45) is 0 Å². The second-order valence-corrected chi connectivity index (χ2v) is 3.01. The van der Waals surface area contributed by atoms with E-state index < -0.39 is 23.5 Å². The Bertz CT molecular complexity index is 365. The van der Waals surface area contributed by atoms with Crippen LogP contribution < -0.4 is 0 Å². The number of alkyl halides is 3. The predicted molar refractivity (Wildman–Crippen MR) is 44.7 cm³/mol. The van der Waals surface area contributed by atoms with Gasteiger partial charge in [0.2, 0.25) is 5.76 Å². The molecule has 0 atom stereocenters. The highest BCUT2D eigenvalue weighted by molar-refractivity contribution is 5.89. The Morgan fingerprint density at radius 1 is 1.53 bits per heavy atom. The first-order chi connectivity index (χ1) is 6.86. The van der Waals surface area contributed by atoms with Crippen LogP contribution in [0.25, 0.3) is 0 Å². The molecule has 3 nitrogen and oxygen atoms in total. The van der Waals surface area contributed by atoms with Crippen LogP contribution in [0.3, 0.4) is 0 Å². The van der Waals surface area contributed by atoms with Gasteiger partial charge in [0.25, 0.3) is 0 Å². The van der Waals surface area contributed by atoms with Crippen LogP contribution in [-0.2, 0) is 12.6 Å². The maximum Gasteiger partial charge on any atom is 0.450 e. The van der Waals surface area contributed by atoms with E-state index in [0.717, 1.165) is 6.07 Å². The third-order valence-corrected chi connectivity index (χ3v) is 1.77. The molecule has 1 heterocycles. The minimum absolute atomic E-state index is 0.0437. The monoisotopic (exact) mass is 222 g/mol. The molecule has 1 N–H and O–H groups in total. The van der Waals surface area contributed by atoms with Gasteiger partial charge in [0.1, 0.15) is 11.3 Å². The van der Waals surface area contributed by atoms with Crippen molar-refractivity contribution in [3.63, 3.8) is 0 Å². The first kappa shape index (κ1) is 11.6. The van der Waals surface area contributed by atoms with E-state index in [2.05, 4.69) is 4.42 Å². The lowest BCUT2D eigenvalue weighted by Gasteiger charge is -2.02. The normalized spacial score (nSPS) is 11.7. The molecule has 0 fully saturated rings. The summed E-state index contributed by atoms with van der Waals surface area (Å²) in [6, 6.07) is 0.925. The van der Waals surface area contributed by atoms with Crippen molar-refractivity contribution >= 4 is 5.97 Å². The third-order valence-electron chi connectivity index (χ3n) is 1.77. The lowest BCUT2D eigenvalue weighted by Crippen LogP contribution is -2.09. The molecule has 15 heavy (non-hydrogen) atoms. The molecule has 84 valence electrons. The summed E-state index contributed by atoms with van der Waals surface area (Å²) in [5.41, 5.74) is -0.828. The van der Waals surface area contributed by atoms with Crippen LogP contribution in [0.15, 0.2) is 10.5 Å². The minimum atomic E-state index is -4.76. The quantitative estimate of drug-likeness (QED) is 0.855. The van der Waals surface area contributed by atoms with E-state index in [0.29, 0.717) is 6.42 Å². The van der Waals surface area contributed by atoms with Gasteiger partial charge in [-0.3, -0.25) is 0 Å². The lowest BCUT2D eigenvalue weighted by molar-refractivity contribution is -0.153. The fraction of sp³-hybridized carbons (Fsp3) is 0.444. The molecule has 0 radical (unpaired) electrons. The fourth-order valence-corrected chi connectivity index (χ4v) is 1.18. The van der Waals surface area contributed by atoms with Crippen molar-refractivity contribution < 1.29 is 27.5 Å². The molecule has 6 heteroatoms. The highest BCUT2D eigenvalue weighted by atomic mass is 19.4. The molecular weight excluding hydrogens is 213 g/mol. The number of hydrogen-bond acceptors (Lipinski definition) is 2. The second kappa shape index (κ2) is 3.96. The molecular formula is C9H9F3O3. The molecule has 0 aliphatic carbocycles. The topological polar surface area (TPSA) is 50.4 Å². The van der Waals surface area contributed by atoms with Gasteiger partial charge >= 0.3 is 12.1 Å². The van der Waals surface area contributed by atoms with Gasteiger partial charge in [0, 0.05) is 6.42 Å². The zero-order valence-electron chi connectivity index (χ0n) is 7.89. The molecule has 0 saturated carbocycles. The van der Waals surface area contributed by atoms with Gasteiger partial charge in [-0.05, 0) is 12.5 Å². The smallest absolute Gasteiger partial charge is 0.450 e. The SMILES string of the molecule is CCCc1cc(C(=O)O)c(C(F)(F)F)o1. The largest absolute Gasteiger partial charge is 0.478 e. The number of aromatic carboxylic acids is 1. The molecule has 0 bridgehead atoms. The Morgan fingerprint density at radius 2 is 2.13 bits per heavy atom. The number of carbonyl (C=O) groups is 1. The van der Waals surface area contributed by atoms with E-state index in [4.69, 9.17) is 5.11 Å². The molecule has 0 unspecified atom stereocenters. The fourth-order valence-electron chi connectivity index (χ4n) is 1.18. The summed E-state index contributed by atoms with van der Waals surface area (Å²) in [5, 5.41) is 8.55. The summed E-state index contributed by atoms with van der Waals surface area (Å²) in [4.78, 5) is 10.5. The molecule has 0 aromatic carbocycles. The lowest BCUT2D eigenvalue weighted by atomic mass is 10.2. The Kier molecular flexibility index (Phi) is 3.06. The number of furan rings is 1. The number of halogens is 3. The van der Waals surface area contributed by atoms with Crippen molar-refractivity contribution in [1.82, 2.24) is 0 Å². The average molecular weight is 222 g/mol.